The Morgan fingerprint density at radius 1 is 1.40 bits per heavy atom. The van der Waals surface area contributed by atoms with Crippen molar-refractivity contribution in [1.82, 2.24) is 0 Å². The van der Waals surface area contributed by atoms with Crippen molar-refractivity contribution in [3.8, 4) is 0 Å². The summed E-state index contributed by atoms with van der Waals surface area (Å²) in [4.78, 5) is 0. The molecule has 0 radical (unpaired) electrons. The van der Waals surface area contributed by atoms with Crippen molar-refractivity contribution in [2.24, 2.45) is 17.3 Å². The molecule has 2 saturated carbocycles. The van der Waals surface area contributed by atoms with E-state index in [1.807, 2.05) is 5.57 Å². The molecule has 0 N–H and O–H groups in total. The zero-order chi connectivity index (χ0) is 10.3. The van der Waals surface area contributed by atoms with Crippen LogP contribution in [0.3, 0.4) is 0 Å². The highest BCUT2D eigenvalue weighted by Crippen LogP contribution is 2.69. The summed E-state index contributed by atoms with van der Waals surface area (Å²) >= 11 is 0. The Morgan fingerprint density at radius 2 is 2.33 bits per heavy atom. The second-order valence-corrected chi connectivity index (χ2v) is 6.03. The van der Waals surface area contributed by atoms with Gasteiger partial charge in [0.25, 0.3) is 0 Å². The standard InChI is InChI=1S/C15H24/c1-2-6-12-11-15(10-9-14(12)15)13-7-4-3-5-8-13/h7,12,14H,2-6,8-11H2,1H3. The maximum Gasteiger partial charge on any atom is -0.00544 e. The lowest BCUT2D eigenvalue weighted by molar-refractivity contribution is -0.110. The summed E-state index contributed by atoms with van der Waals surface area (Å²) in [6.45, 7) is 2.35. The van der Waals surface area contributed by atoms with Gasteiger partial charge in [0.05, 0.1) is 0 Å². The Labute approximate surface area is 94.1 Å². The van der Waals surface area contributed by atoms with Crippen LogP contribution >= 0.6 is 0 Å². The van der Waals surface area contributed by atoms with Crippen LogP contribution in [-0.2, 0) is 0 Å². The molecule has 15 heavy (non-hydrogen) atoms. The molecule has 3 unspecified atom stereocenters. The quantitative estimate of drug-likeness (QED) is 0.584. The normalized spacial score (nSPS) is 43.7. The van der Waals surface area contributed by atoms with Crippen molar-refractivity contribution in [1.29, 1.82) is 0 Å². The summed E-state index contributed by atoms with van der Waals surface area (Å²) in [5.74, 6) is 2.22. The number of hydrogen-bond acceptors (Lipinski definition) is 0. The first-order chi connectivity index (χ1) is 7.37. The van der Waals surface area contributed by atoms with Gasteiger partial charge in [-0.1, -0.05) is 31.4 Å². The Bertz CT molecular complexity index is 276. The van der Waals surface area contributed by atoms with E-state index in [-0.39, 0.29) is 0 Å². The molecule has 0 aromatic rings. The maximum absolute atomic E-state index is 2.61. The minimum atomic E-state index is 0.764. The fourth-order valence-electron chi connectivity index (χ4n) is 4.54. The van der Waals surface area contributed by atoms with Crippen LogP contribution in [0.5, 0.6) is 0 Å². The van der Waals surface area contributed by atoms with Gasteiger partial charge in [0, 0.05) is 0 Å². The smallest absolute Gasteiger partial charge is 0.00544 e. The fourth-order valence-corrected chi connectivity index (χ4v) is 4.54. The summed E-state index contributed by atoms with van der Waals surface area (Å²) in [7, 11) is 0. The molecule has 2 fully saturated rings. The third-order valence-electron chi connectivity index (χ3n) is 5.40. The third kappa shape index (κ3) is 1.33. The minimum Gasteiger partial charge on any atom is -0.0848 e. The van der Waals surface area contributed by atoms with Gasteiger partial charge in [0.1, 0.15) is 0 Å². The van der Waals surface area contributed by atoms with E-state index in [2.05, 4.69) is 13.0 Å². The topological polar surface area (TPSA) is 0 Å². The van der Waals surface area contributed by atoms with Crippen molar-refractivity contribution >= 4 is 0 Å². The summed E-state index contributed by atoms with van der Waals surface area (Å²) in [6, 6.07) is 0. The SMILES string of the molecule is CCCC1CC2(C3=CCCCC3)CCC12. The molecule has 0 nitrogen and oxygen atoms in total. The molecule has 0 aromatic heterocycles. The first-order valence-electron chi connectivity index (χ1n) is 7.06. The molecule has 84 valence electrons. The highest BCUT2D eigenvalue weighted by atomic mass is 14.6. The highest BCUT2D eigenvalue weighted by Gasteiger charge is 2.60. The molecule has 0 spiro atoms. The molecule has 0 saturated heterocycles. The first-order valence-corrected chi connectivity index (χ1v) is 7.06. The lowest BCUT2D eigenvalue weighted by Crippen LogP contribution is -2.56. The predicted octanol–water partition coefficient (Wildman–Crippen LogP) is 4.70. The molecule has 3 atom stereocenters. The van der Waals surface area contributed by atoms with Crippen molar-refractivity contribution in [2.45, 2.75) is 64.7 Å². The van der Waals surface area contributed by atoms with Crippen molar-refractivity contribution < 1.29 is 0 Å². The Kier molecular flexibility index (Phi) is 2.41. The van der Waals surface area contributed by atoms with E-state index >= 15 is 0 Å². The molecule has 0 aromatic carbocycles. The molecule has 3 aliphatic rings. The predicted molar refractivity (Wildman–Crippen MR) is 64.7 cm³/mol. The largest absolute Gasteiger partial charge is 0.0848 e. The van der Waals surface area contributed by atoms with E-state index in [1.54, 1.807) is 12.8 Å². The minimum absolute atomic E-state index is 0.764. The van der Waals surface area contributed by atoms with Gasteiger partial charge >= 0.3 is 0 Å². The highest BCUT2D eigenvalue weighted by molar-refractivity contribution is 5.28. The summed E-state index contributed by atoms with van der Waals surface area (Å²) in [5.41, 5.74) is 2.65. The molecular formula is C15H24. The van der Waals surface area contributed by atoms with Gasteiger partial charge in [-0.3, -0.25) is 0 Å². The van der Waals surface area contributed by atoms with E-state index in [4.69, 9.17) is 0 Å². The van der Waals surface area contributed by atoms with Gasteiger partial charge in [-0.2, -0.15) is 0 Å². The molecular weight excluding hydrogens is 180 g/mol. The van der Waals surface area contributed by atoms with Crippen molar-refractivity contribution in [3.05, 3.63) is 11.6 Å². The van der Waals surface area contributed by atoms with Crippen LogP contribution in [0.25, 0.3) is 0 Å². The average molecular weight is 204 g/mol. The van der Waals surface area contributed by atoms with Crippen LogP contribution in [0.2, 0.25) is 0 Å². The van der Waals surface area contributed by atoms with E-state index in [0.717, 1.165) is 17.3 Å². The number of hydrogen-bond donors (Lipinski definition) is 0. The molecule has 0 amide bonds. The van der Waals surface area contributed by atoms with Crippen LogP contribution in [0, 0.1) is 17.3 Å². The van der Waals surface area contributed by atoms with E-state index in [1.165, 1.54) is 44.9 Å². The van der Waals surface area contributed by atoms with Crippen molar-refractivity contribution in [2.75, 3.05) is 0 Å². The summed E-state index contributed by atoms with van der Waals surface area (Å²) in [5, 5.41) is 0. The molecule has 3 aliphatic carbocycles. The third-order valence-corrected chi connectivity index (χ3v) is 5.40. The fraction of sp³-hybridized carbons (Fsp3) is 0.867. The van der Waals surface area contributed by atoms with Gasteiger partial charge in [-0.15, -0.1) is 0 Å². The second kappa shape index (κ2) is 3.64. The van der Waals surface area contributed by atoms with Crippen LogP contribution in [0.15, 0.2) is 11.6 Å². The van der Waals surface area contributed by atoms with Crippen LogP contribution in [0.4, 0.5) is 0 Å². The van der Waals surface area contributed by atoms with Gasteiger partial charge in [-0.25, -0.2) is 0 Å². The van der Waals surface area contributed by atoms with Gasteiger partial charge in [-0.05, 0) is 62.2 Å². The Morgan fingerprint density at radius 3 is 2.87 bits per heavy atom. The zero-order valence-corrected chi connectivity index (χ0v) is 10.1. The van der Waals surface area contributed by atoms with Crippen molar-refractivity contribution in [3.63, 3.8) is 0 Å². The molecule has 3 rings (SSSR count). The van der Waals surface area contributed by atoms with E-state index in [0.29, 0.717) is 0 Å². The van der Waals surface area contributed by atoms with E-state index < -0.39 is 0 Å². The van der Waals surface area contributed by atoms with Gasteiger partial charge in [0.2, 0.25) is 0 Å². The van der Waals surface area contributed by atoms with Gasteiger partial charge in [0.15, 0.2) is 0 Å². The lowest BCUT2D eigenvalue weighted by atomic mass is 9.39. The maximum atomic E-state index is 2.61. The second-order valence-electron chi connectivity index (χ2n) is 6.03. The average Bonchev–Trinajstić information content (AvgIpc) is 2.26. The summed E-state index contributed by atoms with van der Waals surface area (Å²) in [6.07, 6.45) is 15.9. The lowest BCUT2D eigenvalue weighted by Gasteiger charge is -2.65. The first kappa shape index (κ1) is 9.93. The molecule has 0 heterocycles. The Balaban J connectivity index is 1.70. The molecule has 0 bridgehead atoms. The van der Waals surface area contributed by atoms with Gasteiger partial charge < -0.3 is 0 Å². The molecule has 0 heteroatoms. The summed E-state index contributed by atoms with van der Waals surface area (Å²) < 4.78 is 0. The monoisotopic (exact) mass is 204 g/mol. The van der Waals surface area contributed by atoms with Crippen LogP contribution in [0.1, 0.15) is 64.7 Å². The number of rotatable bonds is 3. The van der Waals surface area contributed by atoms with Crippen LogP contribution < -0.4 is 0 Å². The Hall–Kier alpha value is -0.260. The number of allylic oxidation sites excluding steroid dienone is 2. The van der Waals surface area contributed by atoms with Crippen LogP contribution in [-0.4, -0.2) is 0 Å². The zero-order valence-electron chi connectivity index (χ0n) is 10.1. The number of fused-ring (bicyclic) bond motifs is 1. The molecule has 0 aliphatic heterocycles. The van der Waals surface area contributed by atoms with E-state index in [9.17, 15) is 0 Å².